The molecule has 3 unspecified atom stereocenters. The fourth-order valence-corrected chi connectivity index (χ4v) is 3.62. The Hall–Kier alpha value is -0.120. The number of nitrogens with zero attached hydrogens (tertiary/aromatic N) is 1. The zero-order valence-corrected chi connectivity index (χ0v) is 14.2. The molecule has 3 atom stereocenters. The molecule has 0 aliphatic heterocycles. The highest BCUT2D eigenvalue weighted by Crippen LogP contribution is 2.34. The van der Waals surface area contributed by atoms with E-state index in [1.807, 2.05) is 0 Å². The molecule has 1 aliphatic rings. The Kier molecular flexibility index (Phi) is 8.08. The number of rotatable bonds is 8. The van der Waals surface area contributed by atoms with Crippen molar-refractivity contribution < 1.29 is 5.11 Å². The van der Waals surface area contributed by atoms with Crippen LogP contribution in [0.3, 0.4) is 0 Å². The van der Waals surface area contributed by atoms with Crippen LogP contribution in [0, 0.1) is 17.8 Å². The molecule has 1 rings (SSSR count). The van der Waals surface area contributed by atoms with E-state index >= 15 is 0 Å². The molecule has 2 N–H and O–H groups in total. The van der Waals surface area contributed by atoms with Crippen LogP contribution in [0.15, 0.2) is 0 Å². The van der Waals surface area contributed by atoms with Crippen molar-refractivity contribution in [2.45, 2.75) is 65.5 Å². The average molecular weight is 284 g/mol. The van der Waals surface area contributed by atoms with Crippen molar-refractivity contribution in [1.82, 2.24) is 10.2 Å². The Morgan fingerprint density at radius 2 is 1.90 bits per heavy atom. The van der Waals surface area contributed by atoms with Crippen LogP contribution in [0.4, 0.5) is 0 Å². The predicted molar refractivity (Wildman–Crippen MR) is 86.9 cm³/mol. The monoisotopic (exact) mass is 284 g/mol. The van der Waals surface area contributed by atoms with Gasteiger partial charge in [-0.05, 0) is 64.3 Å². The molecule has 0 heterocycles. The Morgan fingerprint density at radius 3 is 2.40 bits per heavy atom. The van der Waals surface area contributed by atoms with Crippen LogP contribution in [0.5, 0.6) is 0 Å². The molecule has 0 spiro atoms. The summed E-state index contributed by atoms with van der Waals surface area (Å²) in [6.45, 7) is 11.8. The first kappa shape index (κ1) is 17.9. The number of aliphatic hydroxyl groups is 1. The molecule has 0 amide bonds. The molecule has 1 aliphatic carbocycles. The second-order valence-corrected chi connectivity index (χ2v) is 7.14. The van der Waals surface area contributed by atoms with Gasteiger partial charge in [-0.25, -0.2) is 0 Å². The molecular formula is C17H36N2O. The van der Waals surface area contributed by atoms with Crippen molar-refractivity contribution in [3.05, 3.63) is 0 Å². The number of nitrogens with one attached hydrogen (secondary N) is 1. The SMILES string of the molecule is CNC1CCC(C(C)C)CC1CN(CCCO)C(C)C. The van der Waals surface area contributed by atoms with E-state index in [-0.39, 0.29) is 0 Å². The van der Waals surface area contributed by atoms with Gasteiger partial charge in [-0.1, -0.05) is 13.8 Å². The summed E-state index contributed by atoms with van der Waals surface area (Å²) in [5.74, 6) is 2.44. The molecule has 1 saturated carbocycles. The molecule has 3 heteroatoms. The topological polar surface area (TPSA) is 35.5 Å². The van der Waals surface area contributed by atoms with Crippen LogP contribution in [-0.2, 0) is 0 Å². The summed E-state index contributed by atoms with van der Waals surface area (Å²) in [6, 6.07) is 1.24. The lowest BCUT2D eigenvalue weighted by molar-refractivity contribution is 0.103. The minimum atomic E-state index is 0.304. The van der Waals surface area contributed by atoms with Crippen LogP contribution in [0.2, 0.25) is 0 Å². The molecule has 20 heavy (non-hydrogen) atoms. The highest BCUT2D eigenvalue weighted by molar-refractivity contribution is 4.87. The van der Waals surface area contributed by atoms with Gasteiger partial charge in [-0.3, -0.25) is 0 Å². The molecule has 3 nitrogen and oxygen atoms in total. The summed E-state index contributed by atoms with van der Waals surface area (Å²) in [4.78, 5) is 2.55. The Morgan fingerprint density at radius 1 is 1.20 bits per heavy atom. The van der Waals surface area contributed by atoms with Gasteiger partial charge in [0.15, 0.2) is 0 Å². The molecule has 0 radical (unpaired) electrons. The smallest absolute Gasteiger partial charge is 0.0443 e. The number of hydrogen-bond acceptors (Lipinski definition) is 3. The van der Waals surface area contributed by atoms with Crippen LogP contribution >= 0.6 is 0 Å². The van der Waals surface area contributed by atoms with E-state index in [1.165, 1.54) is 25.8 Å². The largest absolute Gasteiger partial charge is 0.396 e. The summed E-state index contributed by atoms with van der Waals surface area (Å²) in [6.07, 6.45) is 4.93. The lowest BCUT2D eigenvalue weighted by Gasteiger charge is -2.41. The summed E-state index contributed by atoms with van der Waals surface area (Å²) >= 11 is 0. The standard InChI is InChI=1S/C17H36N2O/c1-13(2)15-7-8-17(18-5)16(11-15)12-19(14(3)4)9-6-10-20/h13-18,20H,6-12H2,1-5H3. The van der Waals surface area contributed by atoms with Crippen molar-refractivity contribution >= 4 is 0 Å². The van der Waals surface area contributed by atoms with E-state index < -0.39 is 0 Å². The van der Waals surface area contributed by atoms with E-state index in [9.17, 15) is 0 Å². The third-order valence-corrected chi connectivity index (χ3v) is 5.14. The van der Waals surface area contributed by atoms with Crippen LogP contribution in [-0.4, -0.2) is 48.8 Å². The third-order valence-electron chi connectivity index (χ3n) is 5.14. The number of hydrogen-bond donors (Lipinski definition) is 2. The summed E-state index contributed by atoms with van der Waals surface area (Å²) < 4.78 is 0. The Balaban J connectivity index is 2.62. The first-order chi connectivity index (χ1) is 9.49. The molecule has 120 valence electrons. The lowest BCUT2D eigenvalue weighted by atomic mass is 9.73. The van der Waals surface area contributed by atoms with Gasteiger partial charge in [0.2, 0.25) is 0 Å². The first-order valence-electron chi connectivity index (χ1n) is 8.51. The fourth-order valence-electron chi connectivity index (χ4n) is 3.62. The molecule has 0 aromatic heterocycles. The van der Waals surface area contributed by atoms with Crippen LogP contribution in [0.25, 0.3) is 0 Å². The highest BCUT2D eigenvalue weighted by atomic mass is 16.3. The maximum atomic E-state index is 9.08. The van der Waals surface area contributed by atoms with Gasteiger partial charge in [-0.2, -0.15) is 0 Å². The summed E-state index contributed by atoms with van der Waals surface area (Å²) in [5.41, 5.74) is 0. The Labute approximate surface area is 126 Å². The van der Waals surface area contributed by atoms with E-state index in [0.717, 1.165) is 30.7 Å². The number of aliphatic hydroxyl groups excluding tert-OH is 1. The van der Waals surface area contributed by atoms with E-state index in [4.69, 9.17) is 5.11 Å². The summed E-state index contributed by atoms with van der Waals surface area (Å²) in [7, 11) is 2.11. The van der Waals surface area contributed by atoms with Crippen molar-refractivity contribution in [3.8, 4) is 0 Å². The zero-order valence-electron chi connectivity index (χ0n) is 14.2. The van der Waals surface area contributed by atoms with Crippen molar-refractivity contribution in [3.63, 3.8) is 0 Å². The van der Waals surface area contributed by atoms with Gasteiger partial charge in [0, 0.05) is 31.8 Å². The van der Waals surface area contributed by atoms with Crippen molar-refractivity contribution in [1.29, 1.82) is 0 Å². The fraction of sp³-hybridized carbons (Fsp3) is 1.00. The second-order valence-electron chi connectivity index (χ2n) is 7.14. The molecular weight excluding hydrogens is 248 g/mol. The van der Waals surface area contributed by atoms with Crippen LogP contribution in [0.1, 0.15) is 53.4 Å². The van der Waals surface area contributed by atoms with E-state index in [0.29, 0.717) is 18.7 Å². The Bertz CT molecular complexity index is 255. The predicted octanol–water partition coefficient (Wildman–Crippen LogP) is 2.74. The van der Waals surface area contributed by atoms with Crippen molar-refractivity contribution in [2.24, 2.45) is 17.8 Å². The first-order valence-corrected chi connectivity index (χ1v) is 8.51. The lowest BCUT2D eigenvalue weighted by Crippen LogP contribution is -2.47. The molecule has 0 bridgehead atoms. The average Bonchev–Trinajstić information content (AvgIpc) is 2.42. The molecule has 1 fully saturated rings. The van der Waals surface area contributed by atoms with Gasteiger partial charge in [0.25, 0.3) is 0 Å². The van der Waals surface area contributed by atoms with E-state index in [1.54, 1.807) is 0 Å². The van der Waals surface area contributed by atoms with Gasteiger partial charge in [-0.15, -0.1) is 0 Å². The van der Waals surface area contributed by atoms with Crippen molar-refractivity contribution in [2.75, 3.05) is 26.7 Å². The van der Waals surface area contributed by atoms with E-state index in [2.05, 4.69) is 45.0 Å². The van der Waals surface area contributed by atoms with Gasteiger partial charge in [0.1, 0.15) is 0 Å². The highest BCUT2D eigenvalue weighted by Gasteiger charge is 2.32. The van der Waals surface area contributed by atoms with Gasteiger partial charge >= 0.3 is 0 Å². The molecule has 0 aromatic rings. The molecule has 0 aromatic carbocycles. The maximum absolute atomic E-state index is 9.08. The van der Waals surface area contributed by atoms with Gasteiger partial charge in [0.05, 0.1) is 0 Å². The third kappa shape index (κ3) is 5.34. The minimum Gasteiger partial charge on any atom is -0.396 e. The maximum Gasteiger partial charge on any atom is 0.0443 e. The molecule has 0 saturated heterocycles. The summed E-state index contributed by atoms with van der Waals surface area (Å²) in [5, 5.41) is 12.6. The van der Waals surface area contributed by atoms with Gasteiger partial charge < -0.3 is 15.3 Å². The second kappa shape index (κ2) is 9.01. The normalized spacial score (nSPS) is 27.8. The zero-order chi connectivity index (χ0) is 15.1. The minimum absolute atomic E-state index is 0.304. The quantitative estimate of drug-likeness (QED) is 0.719. The van der Waals surface area contributed by atoms with Crippen LogP contribution < -0.4 is 5.32 Å².